The molecule has 1 aromatic heterocycles. The predicted molar refractivity (Wildman–Crippen MR) is 89.7 cm³/mol. The summed E-state index contributed by atoms with van der Waals surface area (Å²) < 4.78 is 1.48. The third kappa shape index (κ3) is 3.50. The average Bonchev–Trinajstić information content (AvgIpc) is 2.78. The molecule has 0 bridgehead atoms. The van der Waals surface area contributed by atoms with Gasteiger partial charge in [0.2, 0.25) is 0 Å². The summed E-state index contributed by atoms with van der Waals surface area (Å²) in [5, 5.41) is 9.65. The van der Waals surface area contributed by atoms with E-state index in [1.54, 1.807) is 6.92 Å². The minimum absolute atomic E-state index is 0.195. The second kappa shape index (κ2) is 6.51. The topological polar surface area (TPSA) is 102 Å². The number of rotatable bonds is 4. The lowest BCUT2D eigenvalue weighted by molar-refractivity contribution is 0.0991. The minimum Gasteiger partial charge on any atom is -0.364 e. The average molecular weight is 315 g/mol. The summed E-state index contributed by atoms with van der Waals surface area (Å²) in [7, 11) is 0. The smallest absolute Gasteiger partial charge is 0.323 e. The van der Waals surface area contributed by atoms with Gasteiger partial charge in [0, 0.05) is 12.2 Å². The molecule has 7 heteroatoms. The van der Waals surface area contributed by atoms with Crippen molar-refractivity contribution >= 4 is 23.3 Å². The van der Waals surface area contributed by atoms with Gasteiger partial charge in [-0.15, -0.1) is 0 Å². The van der Waals surface area contributed by atoms with Gasteiger partial charge in [0.05, 0.1) is 11.4 Å². The third-order valence-electron chi connectivity index (χ3n) is 3.53. The lowest BCUT2D eigenvalue weighted by Gasteiger charge is -2.11. The van der Waals surface area contributed by atoms with Gasteiger partial charge in [0.15, 0.2) is 0 Å². The molecule has 0 aliphatic heterocycles. The Bertz CT molecular complexity index is 764. The molecule has 0 saturated heterocycles. The number of nitrogens with zero attached hydrogens (tertiary/aromatic N) is 2. The van der Waals surface area contributed by atoms with E-state index < -0.39 is 11.9 Å². The van der Waals surface area contributed by atoms with Gasteiger partial charge in [-0.05, 0) is 39.3 Å². The minimum atomic E-state index is -0.630. The van der Waals surface area contributed by atoms with Crippen molar-refractivity contribution in [2.75, 3.05) is 10.6 Å². The number of hydrogen-bond acceptors (Lipinski definition) is 3. The van der Waals surface area contributed by atoms with E-state index in [9.17, 15) is 9.59 Å². The molecule has 2 aromatic rings. The van der Waals surface area contributed by atoms with Gasteiger partial charge in [0.25, 0.3) is 5.91 Å². The molecule has 0 aliphatic rings. The third-order valence-corrected chi connectivity index (χ3v) is 3.53. The molecule has 4 N–H and O–H groups in total. The Balaban J connectivity index is 2.23. The zero-order valence-corrected chi connectivity index (χ0v) is 13.7. The SMILES string of the molecule is CCn1nc(C)c(NC(=O)Nc2ccc(C)cc2C)c1C(N)=O. The Morgan fingerprint density at radius 1 is 1.22 bits per heavy atom. The van der Waals surface area contributed by atoms with Crippen molar-refractivity contribution in [3.05, 3.63) is 40.7 Å². The van der Waals surface area contributed by atoms with Gasteiger partial charge >= 0.3 is 6.03 Å². The van der Waals surface area contributed by atoms with E-state index in [1.165, 1.54) is 4.68 Å². The molecular formula is C16H21N5O2. The number of hydrogen-bond donors (Lipinski definition) is 3. The molecule has 0 fully saturated rings. The highest BCUT2D eigenvalue weighted by Crippen LogP contribution is 2.21. The summed E-state index contributed by atoms with van der Waals surface area (Å²) in [5.41, 5.74) is 9.24. The van der Waals surface area contributed by atoms with E-state index in [0.717, 1.165) is 11.1 Å². The molecule has 0 atom stereocenters. The number of carbonyl (C=O) groups excluding carboxylic acids is 2. The maximum atomic E-state index is 12.2. The summed E-state index contributed by atoms with van der Waals surface area (Å²) in [6.07, 6.45) is 0. The van der Waals surface area contributed by atoms with Crippen molar-refractivity contribution in [2.45, 2.75) is 34.2 Å². The molecule has 2 rings (SSSR count). The molecule has 0 radical (unpaired) electrons. The molecule has 1 aromatic carbocycles. The van der Waals surface area contributed by atoms with Crippen LogP contribution in [0.15, 0.2) is 18.2 Å². The van der Waals surface area contributed by atoms with Crippen LogP contribution >= 0.6 is 0 Å². The first-order chi connectivity index (χ1) is 10.8. The molecule has 0 aliphatic carbocycles. The van der Waals surface area contributed by atoms with Crippen molar-refractivity contribution in [3.8, 4) is 0 Å². The molecular weight excluding hydrogens is 294 g/mol. The maximum Gasteiger partial charge on any atom is 0.323 e. The number of benzene rings is 1. The number of nitrogens with one attached hydrogen (secondary N) is 2. The van der Waals surface area contributed by atoms with Gasteiger partial charge in [0.1, 0.15) is 5.69 Å². The molecule has 7 nitrogen and oxygen atoms in total. The highest BCUT2D eigenvalue weighted by molar-refractivity contribution is 6.06. The van der Waals surface area contributed by atoms with Gasteiger partial charge in [-0.25, -0.2) is 4.79 Å². The molecule has 0 spiro atoms. The van der Waals surface area contributed by atoms with E-state index in [1.807, 2.05) is 39.0 Å². The van der Waals surface area contributed by atoms with E-state index in [4.69, 9.17) is 5.73 Å². The summed E-state index contributed by atoms with van der Waals surface area (Å²) in [6, 6.07) is 5.28. The van der Waals surface area contributed by atoms with Gasteiger partial charge in [-0.1, -0.05) is 17.7 Å². The fourth-order valence-corrected chi connectivity index (χ4v) is 2.43. The summed E-state index contributed by atoms with van der Waals surface area (Å²) in [5.74, 6) is -0.630. The van der Waals surface area contributed by atoms with Crippen LogP contribution < -0.4 is 16.4 Å². The van der Waals surface area contributed by atoms with Crippen LogP contribution in [0.5, 0.6) is 0 Å². The number of primary amides is 1. The Morgan fingerprint density at radius 2 is 1.91 bits per heavy atom. The van der Waals surface area contributed by atoms with Crippen molar-refractivity contribution < 1.29 is 9.59 Å². The number of amides is 3. The van der Waals surface area contributed by atoms with Crippen LogP contribution in [0.4, 0.5) is 16.2 Å². The van der Waals surface area contributed by atoms with E-state index in [-0.39, 0.29) is 5.69 Å². The van der Waals surface area contributed by atoms with Crippen LogP contribution in [-0.2, 0) is 6.54 Å². The van der Waals surface area contributed by atoms with Crippen LogP contribution in [0, 0.1) is 20.8 Å². The van der Waals surface area contributed by atoms with Crippen molar-refractivity contribution in [1.29, 1.82) is 0 Å². The molecule has 122 valence electrons. The maximum absolute atomic E-state index is 12.2. The predicted octanol–water partition coefficient (Wildman–Crippen LogP) is 2.57. The second-order valence-corrected chi connectivity index (χ2v) is 5.39. The van der Waals surface area contributed by atoms with Crippen molar-refractivity contribution in [3.63, 3.8) is 0 Å². The van der Waals surface area contributed by atoms with Crippen molar-refractivity contribution in [1.82, 2.24) is 9.78 Å². The number of aromatic nitrogens is 2. The van der Waals surface area contributed by atoms with E-state index >= 15 is 0 Å². The summed E-state index contributed by atoms with van der Waals surface area (Å²) in [6.45, 7) is 7.94. The summed E-state index contributed by atoms with van der Waals surface area (Å²) >= 11 is 0. The zero-order valence-electron chi connectivity index (χ0n) is 13.7. The number of urea groups is 1. The zero-order chi connectivity index (χ0) is 17.1. The number of carbonyl (C=O) groups is 2. The highest BCUT2D eigenvalue weighted by atomic mass is 16.2. The van der Waals surface area contributed by atoms with Crippen LogP contribution in [0.2, 0.25) is 0 Å². The Kier molecular flexibility index (Phi) is 4.68. The molecule has 1 heterocycles. The Hall–Kier alpha value is -2.83. The Morgan fingerprint density at radius 3 is 2.48 bits per heavy atom. The molecule has 0 unspecified atom stereocenters. The van der Waals surface area contributed by atoms with Crippen LogP contribution in [0.3, 0.4) is 0 Å². The standard InChI is InChI=1S/C16H21N5O2/c1-5-21-14(15(17)22)13(11(4)20-21)19-16(23)18-12-7-6-9(2)8-10(12)3/h6-8H,5H2,1-4H3,(H2,17,22)(H2,18,19,23). The normalized spacial score (nSPS) is 10.4. The number of anilines is 2. The highest BCUT2D eigenvalue weighted by Gasteiger charge is 2.20. The monoisotopic (exact) mass is 315 g/mol. The molecule has 3 amide bonds. The van der Waals surface area contributed by atoms with Gasteiger partial charge in [-0.3, -0.25) is 9.48 Å². The Labute approximate surface area is 134 Å². The quantitative estimate of drug-likeness (QED) is 0.808. The van der Waals surface area contributed by atoms with Crippen molar-refractivity contribution in [2.24, 2.45) is 5.73 Å². The lowest BCUT2D eigenvalue weighted by atomic mass is 10.1. The molecule has 23 heavy (non-hydrogen) atoms. The van der Waals surface area contributed by atoms with Gasteiger partial charge in [-0.2, -0.15) is 5.10 Å². The first-order valence-corrected chi connectivity index (χ1v) is 7.36. The second-order valence-electron chi connectivity index (χ2n) is 5.39. The number of aryl methyl sites for hydroxylation is 4. The first kappa shape index (κ1) is 16.5. The van der Waals surface area contributed by atoms with Crippen LogP contribution in [0.25, 0.3) is 0 Å². The summed E-state index contributed by atoms with van der Waals surface area (Å²) in [4.78, 5) is 23.9. The van der Waals surface area contributed by atoms with Crippen LogP contribution in [0.1, 0.15) is 34.2 Å². The van der Waals surface area contributed by atoms with E-state index in [0.29, 0.717) is 23.6 Å². The fraction of sp³-hybridized carbons (Fsp3) is 0.312. The lowest BCUT2D eigenvalue weighted by Crippen LogP contribution is -2.24. The first-order valence-electron chi connectivity index (χ1n) is 7.36. The molecule has 0 saturated carbocycles. The number of nitrogens with two attached hydrogens (primary N) is 1. The van der Waals surface area contributed by atoms with Crippen LogP contribution in [-0.4, -0.2) is 21.7 Å². The fourth-order valence-electron chi connectivity index (χ4n) is 2.43. The largest absolute Gasteiger partial charge is 0.364 e. The van der Waals surface area contributed by atoms with E-state index in [2.05, 4.69) is 15.7 Å². The van der Waals surface area contributed by atoms with Gasteiger partial charge < -0.3 is 16.4 Å².